The van der Waals surface area contributed by atoms with Crippen molar-refractivity contribution in [3.8, 4) is 0 Å². The zero-order valence-electron chi connectivity index (χ0n) is 23.1. The van der Waals surface area contributed by atoms with Crippen LogP contribution in [0.4, 0.5) is 5.69 Å². The van der Waals surface area contributed by atoms with Crippen molar-refractivity contribution in [2.45, 2.75) is 78.1 Å². The SMILES string of the molecule is CCCCCCCCCC(=O)OCCOCCOCCOCCOC(=O)c1ccc(NCCCC)cc1. The molecule has 0 aliphatic heterocycles. The minimum atomic E-state index is -0.361. The van der Waals surface area contributed by atoms with Crippen molar-refractivity contribution in [3.05, 3.63) is 29.8 Å². The smallest absolute Gasteiger partial charge is 0.338 e. The minimum absolute atomic E-state index is 0.149. The van der Waals surface area contributed by atoms with Crippen LogP contribution < -0.4 is 5.32 Å². The number of unbranched alkanes of at least 4 members (excludes halogenated alkanes) is 7. The van der Waals surface area contributed by atoms with E-state index < -0.39 is 0 Å². The summed E-state index contributed by atoms with van der Waals surface area (Å²) in [5.41, 5.74) is 1.52. The third-order valence-corrected chi connectivity index (χ3v) is 5.66. The molecule has 0 aromatic heterocycles. The fourth-order valence-electron chi connectivity index (χ4n) is 3.47. The summed E-state index contributed by atoms with van der Waals surface area (Å²) >= 11 is 0. The van der Waals surface area contributed by atoms with Crippen molar-refractivity contribution in [2.24, 2.45) is 0 Å². The molecule has 8 heteroatoms. The molecule has 0 fully saturated rings. The van der Waals surface area contributed by atoms with Gasteiger partial charge in [-0.25, -0.2) is 4.79 Å². The van der Waals surface area contributed by atoms with Crippen LogP contribution in [0, 0.1) is 0 Å². The van der Waals surface area contributed by atoms with Crippen LogP contribution in [0.15, 0.2) is 24.3 Å². The van der Waals surface area contributed by atoms with Crippen LogP contribution >= 0.6 is 0 Å². The van der Waals surface area contributed by atoms with Gasteiger partial charge in [-0.1, -0.05) is 58.8 Å². The van der Waals surface area contributed by atoms with Crippen molar-refractivity contribution < 1.29 is 33.3 Å². The first-order valence-corrected chi connectivity index (χ1v) is 14.1. The molecule has 1 N–H and O–H groups in total. The number of benzene rings is 1. The van der Waals surface area contributed by atoms with E-state index in [0.717, 1.165) is 37.9 Å². The fourth-order valence-corrected chi connectivity index (χ4v) is 3.47. The molecule has 0 saturated heterocycles. The van der Waals surface area contributed by atoms with Crippen molar-refractivity contribution >= 4 is 17.6 Å². The first kappa shape index (κ1) is 32.9. The maximum absolute atomic E-state index is 12.1. The van der Waals surface area contributed by atoms with Gasteiger partial charge in [0.05, 0.1) is 45.2 Å². The van der Waals surface area contributed by atoms with E-state index in [4.69, 9.17) is 23.7 Å². The number of anilines is 1. The second-order valence-electron chi connectivity index (χ2n) is 8.92. The minimum Gasteiger partial charge on any atom is -0.463 e. The van der Waals surface area contributed by atoms with Gasteiger partial charge in [0.25, 0.3) is 0 Å². The van der Waals surface area contributed by atoms with Crippen LogP contribution in [-0.2, 0) is 28.5 Å². The molecule has 0 aliphatic carbocycles. The predicted molar refractivity (Wildman–Crippen MR) is 146 cm³/mol. The summed E-state index contributed by atoms with van der Waals surface area (Å²) in [6, 6.07) is 7.28. The third kappa shape index (κ3) is 19.6. The summed E-state index contributed by atoms with van der Waals surface area (Å²) < 4.78 is 26.7. The Balaban J connectivity index is 1.85. The highest BCUT2D eigenvalue weighted by Gasteiger charge is 2.07. The van der Waals surface area contributed by atoms with Gasteiger partial charge < -0.3 is 29.0 Å². The van der Waals surface area contributed by atoms with E-state index in [9.17, 15) is 9.59 Å². The zero-order chi connectivity index (χ0) is 26.8. The highest BCUT2D eigenvalue weighted by atomic mass is 16.6. The second kappa shape index (κ2) is 24.2. The molecule has 0 radical (unpaired) electrons. The van der Waals surface area contributed by atoms with E-state index in [1.165, 1.54) is 32.1 Å². The van der Waals surface area contributed by atoms with Crippen molar-refractivity contribution in [1.82, 2.24) is 0 Å². The lowest BCUT2D eigenvalue weighted by Crippen LogP contribution is -2.15. The number of carbonyl (C=O) groups excluding carboxylic acids is 2. The van der Waals surface area contributed by atoms with Crippen molar-refractivity contribution in [3.63, 3.8) is 0 Å². The highest BCUT2D eigenvalue weighted by molar-refractivity contribution is 5.89. The van der Waals surface area contributed by atoms with E-state index in [-0.39, 0.29) is 25.2 Å². The molecule has 0 bridgehead atoms. The van der Waals surface area contributed by atoms with Gasteiger partial charge in [-0.05, 0) is 37.1 Å². The van der Waals surface area contributed by atoms with Gasteiger partial charge in [-0.2, -0.15) is 0 Å². The fraction of sp³-hybridized carbons (Fsp3) is 0.724. The number of hydrogen-bond acceptors (Lipinski definition) is 8. The topological polar surface area (TPSA) is 92.3 Å². The number of ether oxygens (including phenoxy) is 5. The maximum atomic E-state index is 12.1. The molecule has 0 heterocycles. The second-order valence-corrected chi connectivity index (χ2v) is 8.92. The molecule has 0 unspecified atom stereocenters. The Kier molecular flexibility index (Phi) is 21.5. The number of hydrogen-bond donors (Lipinski definition) is 1. The van der Waals surface area contributed by atoms with E-state index in [2.05, 4.69) is 19.2 Å². The Morgan fingerprint density at radius 3 is 1.73 bits per heavy atom. The Labute approximate surface area is 223 Å². The summed E-state index contributed by atoms with van der Waals surface area (Å²) in [5.74, 6) is -0.509. The van der Waals surface area contributed by atoms with E-state index in [1.54, 1.807) is 12.1 Å². The lowest BCUT2D eigenvalue weighted by Gasteiger charge is -2.09. The van der Waals surface area contributed by atoms with E-state index in [0.29, 0.717) is 51.6 Å². The number of nitrogens with one attached hydrogen (secondary N) is 1. The summed E-state index contributed by atoms with van der Waals surface area (Å²) in [7, 11) is 0. The highest BCUT2D eigenvalue weighted by Crippen LogP contribution is 2.11. The molecule has 1 aromatic rings. The molecule has 0 amide bonds. The largest absolute Gasteiger partial charge is 0.463 e. The average molecular weight is 524 g/mol. The summed E-state index contributed by atoms with van der Waals surface area (Å²) in [4.78, 5) is 23.7. The summed E-state index contributed by atoms with van der Waals surface area (Å²) in [6.45, 7) is 8.13. The molecular formula is C29H49NO7. The van der Waals surface area contributed by atoms with E-state index >= 15 is 0 Å². The number of rotatable bonds is 25. The van der Waals surface area contributed by atoms with Gasteiger partial charge in [0.15, 0.2) is 0 Å². The normalized spacial score (nSPS) is 10.9. The standard InChI is InChI=1S/C29H49NO7/c1-3-5-7-8-9-10-11-12-28(31)36-24-22-34-20-18-33-19-21-35-23-25-37-29(32)26-13-15-27(16-14-26)30-17-6-4-2/h13-16,30H,3-12,17-25H2,1-2H3. The Hall–Kier alpha value is -2.16. The summed E-state index contributed by atoms with van der Waals surface area (Å²) in [6.07, 6.45) is 11.0. The van der Waals surface area contributed by atoms with Crippen LogP contribution in [0.25, 0.3) is 0 Å². The lowest BCUT2D eigenvalue weighted by molar-refractivity contribution is -0.145. The van der Waals surface area contributed by atoms with E-state index in [1.807, 2.05) is 12.1 Å². The summed E-state index contributed by atoms with van der Waals surface area (Å²) in [5, 5.41) is 3.31. The van der Waals surface area contributed by atoms with Gasteiger partial charge in [0, 0.05) is 18.7 Å². The van der Waals surface area contributed by atoms with Crippen LogP contribution in [0.3, 0.4) is 0 Å². The lowest BCUT2D eigenvalue weighted by atomic mass is 10.1. The number of esters is 2. The molecule has 1 rings (SSSR count). The van der Waals surface area contributed by atoms with Crippen LogP contribution in [0.2, 0.25) is 0 Å². The monoisotopic (exact) mass is 523 g/mol. The molecule has 8 nitrogen and oxygen atoms in total. The van der Waals surface area contributed by atoms with Crippen LogP contribution in [0.1, 0.15) is 88.4 Å². The maximum Gasteiger partial charge on any atom is 0.338 e. The van der Waals surface area contributed by atoms with Gasteiger partial charge in [0.1, 0.15) is 13.2 Å². The van der Waals surface area contributed by atoms with Gasteiger partial charge >= 0.3 is 11.9 Å². The zero-order valence-corrected chi connectivity index (χ0v) is 23.1. The van der Waals surface area contributed by atoms with Gasteiger partial charge in [0.2, 0.25) is 0 Å². The molecular weight excluding hydrogens is 474 g/mol. The molecule has 37 heavy (non-hydrogen) atoms. The third-order valence-electron chi connectivity index (χ3n) is 5.66. The van der Waals surface area contributed by atoms with Crippen LogP contribution in [0.5, 0.6) is 0 Å². The van der Waals surface area contributed by atoms with Crippen molar-refractivity contribution in [1.29, 1.82) is 0 Å². The Morgan fingerprint density at radius 1 is 0.622 bits per heavy atom. The molecule has 1 aromatic carbocycles. The molecule has 0 atom stereocenters. The van der Waals surface area contributed by atoms with Gasteiger partial charge in [-0.15, -0.1) is 0 Å². The Morgan fingerprint density at radius 2 is 1.14 bits per heavy atom. The molecule has 212 valence electrons. The first-order chi connectivity index (χ1) is 18.2. The first-order valence-electron chi connectivity index (χ1n) is 14.1. The van der Waals surface area contributed by atoms with Gasteiger partial charge in [-0.3, -0.25) is 4.79 Å². The quantitative estimate of drug-likeness (QED) is 0.127. The molecule has 0 aliphatic rings. The number of carbonyl (C=O) groups is 2. The Bertz CT molecular complexity index is 681. The molecule has 0 spiro atoms. The molecule has 0 saturated carbocycles. The predicted octanol–water partition coefficient (Wildman–Crippen LogP) is 5.79. The van der Waals surface area contributed by atoms with Crippen LogP contribution in [-0.4, -0.2) is 71.3 Å². The van der Waals surface area contributed by atoms with Crippen molar-refractivity contribution in [2.75, 3.05) is 64.7 Å². The average Bonchev–Trinajstić information content (AvgIpc) is 2.91.